The van der Waals surface area contributed by atoms with E-state index in [-0.39, 0.29) is 30.6 Å². The summed E-state index contributed by atoms with van der Waals surface area (Å²) in [5.41, 5.74) is 0.475. The van der Waals surface area contributed by atoms with Gasteiger partial charge >= 0.3 is 0 Å². The third-order valence-electron chi connectivity index (χ3n) is 3.31. The minimum Gasteiger partial charge on any atom is -0.351 e. The number of nitrogens with zero attached hydrogens (tertiary/aromatic N) is 2. The summed E-state index contributed by atoms with van der Waals surface area (Å²) < 4.78 is 0. The van der Waals surface area contributed by atoms with Crippen molar-refractivity contribution in [3.8, 4) is 0 Å². The molecule has 1 N–H and O–H groups in total. The number of nitrogens with one attached hydrogen (secondary N) is 1. The molecule has 23 heavy (non-hydrogen) atoms. The minimum absolute atomic E-state index is 0.118. The lowest BCUT2D eigenvalue weighted by molar-refractivity contribution is -0.116. The predicted octanol–water partition coefficient (Wildman–Crippen LogP) is 1.57. The number of aromatic nitrogens is 1. The Balaban J connectivity index is 1.53. The van der Waals surface area contributed by atoms with Gasteiger partial charge in [0.25, 0.3) is 11.8 Å². The smallest absolute Gasteiger partial charge is 0.280 e. The first-order valence-corrected chi connectivity index (χ1v) is 7.85. The molecule has 7 heteroatoms. The first-order valence-electron chi connectivity index (χ1n) is 6.97. The first-order chi connectivity index (χ1) is 11.2. The van der Waals surface area contributed by atoms with E-state index >= 15 is 0 Å². The second kappa shape index (κ2) is 6.53. The molecule has 3 rings (SSSR count). The summed E-state index contributed by atoms with van der Waals surface area (Å²) in [6.45, 7) is 0.311. The zero-order valence-electron chi connectivity index (χ0n) is 12.1. The maximum atomic E-state index is 12.1. The van der Waals surface area contributed by atoms with E-state index in [1.54, 1.807) is 18.2 Å². The predicted molar refractivity (Wildman–Crippen MR) is 86.0 cm³/mol. The summed E-state index contributed by atoms with van der Waals surface area (Å²) >= 11 is 1.53. The molecular weight excluding hydrogens is 314 g/mol. The van der Waals surface area contributed by atoms with Gasteiger partial charge in [0.05, 0.1) is 5.56 Å². The summed E-state index contributed by atoms with van der Waals surface area (Å²) in [4.78, 5) is 41.9. The number of amides is 3. The van der Waals surface area contributed by atoms with Crippen molar-refractivity contribution in [2.45, 2.75) is 0 Å². The van der Waals surface area contributed by atoms with Gasteiger partial charge < -0.3 is 5.32 Å². The lowest BCUT2D eigenvalue weighted by Gasteiger charge is -2.13. The summed E-state index contributed by atoms with van der Waals surface area (Å²) in [6, 6.07) is 6.99. The van der Waals surface area contributed by atoms with Crippen molar-refractivity contribution in [3.05, 3.63) is 58.1 Å². The molecule has 3 amide bonds. The Bertz CT molecular complexity index is 749. The molecule has 0 saturated carbocycles. The number of carbonyl (C=O) groups is 3. The monoisotopic (exact) mass is 327 g/mol. The van der Waals surface area contributed by atoms with E-state index in [0.717, 1.165) is 9.78 Å². The van der Waals surface area contributed by atoms with Crippen LogP contribution in [0.1, 0.15) is 25.7 Å². The molecule has 2 aromatic heterocycles. The average molecular weight is 327 g/mol. The number of hydrogen-bond acceptors (Lipinski definition) is 5. The van der Waals surface area contributed by atoms with E-state index in [1.165, 1.54) is 23.6 Å². The second-order valence-corrected chi connectivity index (χ2v) is 5.78. The van der Waals surface area contributed by atoms with Crippen LogP contribution < -0.4 is 5.32 Å². The molecule has 1 aliphatic heterocycles. The van der Waals surface area contributed by atoms with Crippen molar-refractivity contribution < 1.29 is 14.4 Å². The van der Waals surface area contributed by atoms with Crippen LogP contribution in [0.5, 0.6) is 0 Å². The van der Waals surface area contributed by atoms with Gasteiger partial charge in [0, 0.05) is 30.2 Å². The molecule has 0 bridgehead atoms. The van der Waals surface area contributed by atoms with Crippen LogP contribution in [-0.4, -0.2) is 40.7 Å². The zero-order valence-corrected chi connectivity index (χ0v) is 12.9. The summed E-state index contributed by atoms with van der Waals surface area (Å²) in [6.07, 6.45) is 4.62. The maximum absolute atomic E-state index is 12.1. The van der Waals surface area contributed by atoms with Crippen LogP contribution in [0.15, 0.2) is 41.9 Å². The second-order valence-electron chi connectivity index (χ2n) is 4.80. The molecule has 0 unspecified atom stereocenters. The van der Waals surface area contributed by atoms with Crippen LogP contribution in [0, 0.1) is 0 Å². The largest absolute Gasteiger partial charge is 0.351 e. The van der Waals surface area contributed by atoms with Gasteiger partial charge in [0.1, 0.15) is 5.69 Å². The van der Waals surface area contributed by atoms with Gasteiger partial charge in [-0.15, -0.1) is 11.3 Å². The molecule has 1 aliphatic rings. The molecule has 0 aliphatic carbocycles. The Morgan fingerprint density at radius 2 is 2.13 bits per heavy atom. The summed E-state index contributed by atoms with van der Waals surface area (Å²) in [5, 5.41) is 4.58. The SMILES string of the molecule is O=C(/C=C/c1cccs1)NCCN1C(=O)c2cccnc2C1=O. The lowest BCUT2D eigenvalue weighted by Crippen LogP contribution is -2.37. The average Bonchev–Trinajstić information content (AvgIpc) is 3.16. The normalized spacial score (nSPS) is 13.7. The molecule has 0 atom stereocenters. The Labute approximate surface area is 136 Å². The Morgan fingerprint density at radius 3 is 2.87 bits per heavy atom. The molecule has 0 fully saturated rings. The molecule has 116 valence electrons. The molecule has 3 heterocycles. The fourth-order valence-electron chi connectivity index (χ4n) is 2.21. The highest BCUT2D eigenvalue weighted by Crippen LogP contribution is 2.19. The van der Waals surface area contributed by atoms with Crippen molar-refractivity contribution in [3.63, 3.8) is 0 Å². The van der Waals surface area contributed by atoms with E-state index in [0.29, 0.717) is 5.56 Å². The van der Waals surface area contributed by atoms with Crippen LogP contribution in [0.25, 0.3) is 6.08 Å². The highest BCUT2D eigenvalue weighted by molar-refractivity contribution is 7.10. The van der Waals surface area contributed by atoms with Crippen molar-refractivity contribution in [1.29, 1.82) is 0 Å². The van der Waals surface area contributed by atoms with Gasteiger partial charge in [-0.05, 0) is 29.7 Å². The van der Waals surface area contributed by atoms with Gasteiger partial charge in [-0.3, -0.25) is 24.3 Å². The van der Waals surface area contributed by atoms with E-state index in [2.05, 4.69) is 10.3 Å². The quantitative estimate of drug-likeness (QED) is 0.668. The Morgan fingerprint density at radius 1 is 1.26 bits per heavy atom. The number of carbonyl (C=O) groups excluding carboxylic acids is 3. The third kappa shape index (κ3) is 3.19. The Kier molecular flexibility index (Phi) is 4.29. The van der Waals surface area contributed by atoms with Crippen LogP contribution in [0.4, 0.5) is 0 Å². The lowest BCUT2D eigenvalue weighted by atomic mass is 10.2. The fraction of sp³-hybridized carbons (Fsp3) is 0.125. The van der Waals surface area contributed by atoms with Gasteiger partial charge in [-0.1, -0.05) is 6.07 Å². The van der Waals surface area contributed by atoms with E-state index in [4.69, 9.17) is 0 Å². The number of pyridine rings is 1. The third-order valence-corrected chi connectivity index (χ3v) is 4.15. The van der Waals surface area contributed by atoms with E-state index in [1.807, 2.05) is 17.5 Å². The zero-order chi connectivity index (χ0) is 16.2. The Hall–Kier alpha value is -2.80. The highest BCUT2D eigenvalue weighted by atomic mass is 32.1. The van der Waals surface area contributed by atoms with Crippen molar-refractivity contribution in [1.82, 2.24) is 15.2 Å². The van der Waals surface area contributed by atoms with Gasteiger partial charge in [-0.2, -0.15) is 0 Å². The van der Waals surface area contributed by atoms with Gasteiger partial charge in [0.15, 0.2) is 0 Å². The van der Waals surface area contributed by atoms with Crippen molar-refractivity contribution in [2.75, 3.05) is 13.1 Å². The number of thiophene rings is 1. The topological polar surface area (TPSA) is 79.4 Å². The molecule has 6 nitrogen and oxygen atoms in total. The van der Waals surface area contributed by atoms with E-state index < -0.39 is 5.91 Å². The summed E-state index contributed by atoms with van der Waals surface area (Å²) in [7, 11) is 0. The first kappa shape index (κ1) is 15.1. The van der Waals surface area contributed by atoms with E-state index in [9.17, 15) is 14.4 Å². The van der Waals surface area contributed by atoms with Crippen LogP contribution in [-0.2, 0) is 4.79 Å². The maximum Gasteiger partial charge on any atom is 0.280 e. The molecule has 0 aromatic carbocycles. The van der Waals surface area contributed by atoms with Gasteiger partial charge in [0.2, 0.25) is 5.91 Å². The molecule has 0 saturated heterocycles. The number of fused-ring (bicyclic) bond motifs is 1. The summed E-state index contributed by atoms with van der Waals surface area (Å²) in [5.74, 6) is -1.07. The standard InChI is InChI=1S/C16H13N3O3S/c20-13(6-5-11-3-2-10-23-11)17-8-9-19-15(21)12-4-1-7-18-14(12)16(19)22/h1-7,10H,8-9H2,(H,17,20)/b6-5+. The van der Waals surface area contributed by atoms with Crippen molar-refractivity contribution in [2.24, 2.45) is 0 Å². The minimum atomic E-state index is -0.422. The van der Waals surface area contributed by atoms with Gasteiger partial charge in [-0.25, -0.2) is 0 Å². The van der Waals surface area contributed by atoms with Crippen LogP contribution >= 0.6 is 11.3 Å². The fourth-order valence-corrected chi connectivity index (χ4v) is 2.83. The molecule has 0 radical (unpaired) electrons. The number of hydrogen-bond donors (Lipinski definition) is 1. The molecule has 2 aromatic rings. The van der Waals surface area contributed by atoms with Crippen molar-refractivity contribution >= 4 is 35.1 Å². The number of rotatable bonds is 5. The highest BCUT2D eigenvalue weighted by Gasteiger charge is 2.36. The molecular formula is C16H13N3O3S. The van der Waals surface area contributed by atoms with Crippen LogP contribution in [0.3, 0.4) is 0 Å². The molecule has 0 spiro atoms. The van der Waals surface area contributed by atoms with Crippen LogP contribution in [0.2, 0.25) is 0 Å². The number of imide groups is 1.